The monoisotopic (exact) mass is 598 g/mol. The Hall–Kier alpha value is -6.15. The second-order valence-electron chi connectivity index (χ2n) is 11.2. The van der Waals surface area contributed by atoms with Crippen LogP contribution in [0.2, 0.25) is 0 Å². The first-order chi connectivity index (χ1) is 22.8. The van der Waals surface area contributed by atoms with Gasteiger partial charge in [-0.05, 0) is 24.8 Å². The molecule has 8 nitrogen and oxygen atoms in total. The van der Waals surface area contributed by atoms with Crippen LogP contribution in [0.4, 0.5) is 0 Å². The van der Waals surface area contributed by atoms with Crippen molar-refractivity contribution in [1.82, 2.24) is 37.8 Å². The SMILES string of the molecule is c1ccc([B-](c2ccccc2)(c2ccccc2)c2ccccc2)cc1.c1cn([B-](n2ccnc2)(n2ccnc2)n2ccnc2)cn1. The van der Waals surface area contributed by atoms with E-state index in [4.69, 9.17) is 0 Å². The fourth-order valence-electron chi connectivity index (χ4n) is 6.94. The zero-order chi connectivity index (χ0) is 31.1. The predicted molar refractivity (Wildman–Crippen MR) is 186 cm³/mol. The van der Waals surface area contributed by atoms with Crippen molar-refractivity contribution in [1.29, 1.82) is 0 Å². The van der Waals surface area contributed by atoms with E-state index in [2.05, 4.69) is 141 Å². The summed E-state index contributed by atoms with van der Waals surface area (Å²) in [6.07, 6.45) is 20.6. The number of imidazole rings is 4. The van der Waals surface area contributed by atoms with Crippen LogP contribution in [0.15, 0.2) is 196 Å². The molecular weight excluding hydrogens is 566 g/mol. The molecule has 224 valence electrons. The number of hydrogen-bond donors (Lipinski definition) is 0. The molecule has 0 saturated heterocycles. The van der Waals surface area contributed by atoms with Crippen molar-refractivity contribution >= 4 is 34.7 Å². The first-order valence-electron chi connectivity index (χ1n) is 15.3. The van der Waals surface area contributed by atoms with Gasteiger partial charge in [-0.3, -0.25) is 0 Å². The average molecular weight is 598 g/mol. The summed E-state index contributed by atoms with van der Waals surface area (Å²) in [5.74, 6) is 0. The minimum atomic E-state index is -1.64. The zero-order valence-electron chi connectivity index (χ0n) is 25.2. The molecule has 0 aliphatic carbocycles. The molecule has 0 atom stereocenters. The van der Waals surface area contributed by atoms with Gasteiger partial charge in [0.25, 0.3) is 0 Å². The Morgan fingerprint density at radius 3 is 0.761 bits per heavy atom. The maximum Gasteiger partial charge on any atom is 0.405 e. The Balaban J connectivity index is 0.000000149. The van der Waals surface area contributed by atoms with Crippen molar-refractivity contribution in [2.24, 2.45) is 0 Å². The highest BCUT2D eigenvalue weighted by Gasteiger charge is 2.34. The molecular formula is C36H32B2N8-2. The van der Waals surface area contributed by atoms with Gasteiger partial charge in [0, 0.05) is 24.8 Å². The summed E-state index contributed by atoms with van der Waals surface area (Å²) in [5.41, 5.74) is 5.36. The van der Waals surface area contributed by atoms with Crippen LogP contribution in [0, 0.1) is 0 Å². The van der Waals surface area contributed by atoms with Gasteiger partial charge < -0.3 is 17.9 Å². The van der Waals surface area contributed by atoms with Crippen LogP contribution < -0.4 is 21.9 Å². The molecule has 0 aliphatic rings. The molecule has 0 saturated carbocycles. The standard InChI is InChI=1S/C24H20B.C12H12BN8/c1-5-13-21(14-6-1)25(22-15-7-2-8-16-22,23-17-9-3-10-18-23)24-19-11-4-12-20-24;1-5-18(9-14-1)13(19-6-2-15-10-19,20-7-3-16-11-20)21-8-4-17-12-21/h1-20H;1-12H/q2*-1. The van der Waals surface area contributed by atoms with Crippen molar-refractivity contribution < 1.29 is 0 Å². The largest absolute Gasteiger partial charge is 0.455 e. The van der Waals surface area contributed by atoms with Gasteiger partial charge >= 0.3 is 6.69 Å². The van der Waals surface area contributed by atoms with Crippen LogP contribution in [0.5, 0.6) is 0 Å². The predicted octanol–water partition coefficient (Wildman–Crippen LogP) is 3.47. The Labute approximate surface area is 268 Å². The minimum absolute atomic E-state index is 1.22. The van der Waals surface area contributed by atoms with E-state index < -0.39 is 12.8 Å². The number of aromatic nitrogens is 8. The Kier molecular flexibility index (Phi) is 7.98. The number of benzene rings is 4. The molecule has 0 amide bonds. The molecule has 8 rings (SSSR count). The van der Waals surface area contributed by atoms with E-state index in [-0.39, 0.29) is 0 Å². The molecule has 0 aliphatic heterocycles. The molecule has 0 bridgehead atoms. The topological polar surface area (TPSA) is 71.3 Å². The van der Waals surface area contributed by atoms with Crippen LogP contribution in [0.3, 0.4) is 0 Å². The van der Waals surface area contributed by atoms with Crippen LogP contribution in [-0.4, -0.2) is 50.7 Å². The lowest BCUT2D eigenvalue weighted by molar-refractivity contribution is 0.807. The second kappa shape index (κ2) is 12.8. The Morgan fingerprint density at radius 1 is 0.326 bits per heavy atom. The fraction of sp³-hybridized carbons (Fsp3) is 0. The van der Waals surface area contributed by atoms with Crippen molar-refractivity contribution in [3.63, 3.8) is 0 Å². The van der Waals surface area contributed by atoms with Crippen molar-refractivity contribution in [2.75, 3.05) is 0 Å². The van der Waals surface area contributed by atoms with E-state index in [1.54, 1.807) is 50.1 Å². The molecule has 4 aromatic carbocycles. The summed E-state index contributed by atoms with van der Waals surface area (Å²) in [6.45, 7) is -1.64. The third kappa shape index (κ3) is 4.95. The molecule has 4 heterocycles. The summed E-state index contributed by atoms with van der Waals surface area (Å²) in [4.78, 5) is 16.8. The average Bonchev–Trinajstić information content (AvgIpc) is 3.98. The van der Waals surface area contributed by atoms with E-state index in [9.17, 15) is 0 Å². The highest BCUT2D eigenvalue weighted by Crippen LogP contribution is 2.16. The summed E-state index contributed by atoms with van der Waals surface area (Å²) in [7, 11) is 0. The molecule has 46 heavy (non-hydrogen) atoms. The molecule has 4 aromatic heterocycles. The quantitative estimate of drug-likeness (QED) is 0.252. The minimum Gasteiger partial charge on any atom is -0.455 e. The van der Waals surface area contributed by atoms with Crippen molar-refractivity contribution in [2.45, 2.75) is 0 Å². The van der Waals surface area contributed by atoms with Crippen LogP contribution in [0.1, 0.15) is 0 Å². The zero-order valence-corrected chi connectivity index (χ0v) is 25.2. The smallest absolute Gasteiger partial charge is 0.405 e. The van der Waals surface area contributed by atoms with Gasteiger partial charge in [-0.25, -0.2) is 19.9 Å². The molecule has 10 heteroatoms. The van der Waals surface area contributed by atoms with E-state index in [1.807, 2.05) is 42.7 Å². The van der Waals surface area contributed by atoms with Crippen LogP contribution in [-0.2, 0) is 0 Å². The molecule has 0 fully saturated rings. The lowest BCUT2D eigenvalue weighted by Gasteiger charge is -2.45. The molecule has 0 N–H and O–H groups in total. The summed E-state index contributed by atoms with van der Waals surface area (Å²) < 4.78 is 8.08. The van der Waals surface area contributed by atoms with Gasteiger partial charge in [0.05, 0.1) is 25.3 Å². The molecule has 0 radical (unpaired) electrons. The normalized spacial score (nSPS) is 11.5. The molecule has 0 unspecified atom stereocenters. The van der Waals surface area contributed by atoms with Gasteiger partial charge in [0.15, 0.2) is 0 Å². The number of rotatable bonds is 8. The van der Waals surface area contributed by atoms with E-state index in [0.29, 0.717) is 0 Å². The first-order valence-corrected chi connectivity index (χ1v) is 15.3. The maximum absolute atomic E-state index is 4.20. The van der Waals surface area contributed by atoms with Crippen LogP contribution in [0.25, 0.3) is 0 Å². The van der Waals surface area contributed by atoms with Gasteiger partial charge in [-0.15, -0.1) is 0 Å². The van der Waals surface area contributed by atoms with Crippen LogP contribution >= 0.6 is 0 Å². The first kappa shape index (κ1) is 28.6. The van der Waals surface area contributed by atoms with E-state index in [1.165, 1.54) is 21.9 Å². The van der Waals surface area contributed by atoms with Gasteiger partial charge in [0.1, 0.15) is 6.15 Å². The highest BCUT2D eigenvalue weighted by molar-refractivity contribution is 7.19. The third-order valence-corrected chi connectivity index (χ3v) is 8.90. The fourth-order valence-corrected chi connectivity index (χ4v) is 6.94. The number of nitrogens with zero attached hydrogens (tertiary/aromatic N) is 8. The van der Waals surface area contributed by atoms with Crippen molar-refractivity contribution in [3.8, 4) is 0 Å². The van der Waals surface area contributed by atoms with Gasteiger partial charge in [-0.1, -0.05) is 121 Å². The lowest BCUT2D eigenvalue weighted by Crippen LogP contribution is -2.74. The van der Waals surface area contributed by atoms with Crippen molar-refractivity contribution in [3.05, 3.63) is 196 Å². The Bertz CT molecular complexity index is 1710. The maximum atomic E-state index is 4.20. The van der Waals surface area contributed by atoms with Gasteiger partial charge in [0.2, 0.25) is 0 Å². The van der Waals surface area contributed by atoms with E-state index in [0.717, 1.165) is 0 Å². The molecule has 8 aromatic rings. The molecule has 0 spiro atoms. The third-order valence-electron chi connectivity index (χ3n) is 8.90. The van der Waals surface area contributed by atoms with E-state index >= 15 is 0 Å². The van der Waals surface area contributed by atoms with Gasteiger partial charge in [-0.2, -0.15) is 21.9 Å². The second-order valence-corrected chi connectivity index (χ2v) is 11.2. The lowest BCUT2D eigenvalue weighted by atomic mass is 9.13. The summed E-state index contributed by atoms with van der Waals surface area (Å²) >= 11 is 0. The summed E-state index contributed by atoms with van der Waals surface area (Å²) in [6, 6.07) is 43.5. The summed E-state index contributed by atoms with van der Waals surface area (Å²) in [5, 5.41) is 0. The number of hydrogen-bond acceptors (Lipinski definition) is 4. The highest BCUT2D eigenvalue weighted by atomic mass is 15.4. The Morgan fingerprint density at radius 2 is 0.565 bits per heavy atom.